The molecule has 2 aromatic carbocycles. The maximum Gasteiger partial charge on any atom is 0.287 e. The first-order chi connectivity index (χ1) is 11.9. The summed E-state index contributed by atoms with van der Waals surface area (Å²) in [5.74, 6) is -1.83. The molecule has 25 heavy (non-hydrogen) atoms. The quantitative estimate of drug-likeness (QED) is 0.550. The number of hydrogen-bond donors (Lipinski definition) is 2. The molecule has 0 aliphatic carbocycles. The predicted octanol–water partition coefficient (Wildman–Crippen LogP) is 2.12. The molecule has 0 atom stereocenters. The Bertz CT molecular complexity index is 893. The molecule has 0 aliphatic heterocycles. The molecule has 134 valence electrons. The van der Waals surface area contributed by atoms with Crippen molar-refractivity contribution in [2.24, 2.45) is 5.73 Å². The lowest BCUT2D eigenvalue weighted by Crippen LogP contribution is -2.30. The van der Waals surface area contributed by atoms with E-state index in [1.54, 1.807) is 30.3 Å². The number of unbranched alkanes of at least 4 members (excludes halogenated alkanes) is 2. The number of nitrogens with one attached hydrogen (secondary N) is 1. The van der Waals surface area contributed by atoms with Gasteiger partial charge in [0.15, 0.2) is 0 Å². The summed E-state index contributed by atoms with van der Waals surface area (Å²) in [6.45, 7) is 1.95. The molecule has 0 saturated heterocycles. The predicted molar refractivity (Wildman–Crippen MR) is 94.3 cm³/mol. The topological polar surface area (TPSA) is 116 Å². The van der Waals surface area contributed by atoms with E-state index in [0.717, 1.165) is 12.8 Å². The molecule has 8 heteroatoms. The van der Waals surface area contributed by atoms with Crippen LogP contribution in [0.5, 0.6) is 0 Å². The zero-order chi connectivity index (χ0) is 18.4. The van der Waals surface area contributed by atoms with Gasteiger partial charge in [0.05, 0.1) is 16.9 Å². The molecule has 0 spiro atoms. The van der Waals surface area contributed by atoms with Gasteiger partial charge in [0.25, 0.3) is 16.0 Å². The number of hydroxylamine groups is 1. The van der Waals surface area contributed by atoms with Crippen molar-refractivity contribution in [1.29, 1.82) is 0 Å². The Hall–Kier alpha value is -2.45. The summed E-state index contributed by atoms with van der Waals surface area (Å²) in [5, 5.41) is 1.19. The van der Waals surface area contributed by atoms with Crippen LogP contribution in [0.25, 0.3) is 10.8 Å². The van der Waals surface area contributed by atoms with Crippen LogP contribution < -0.4 is 11.2 Å². The van der Waals surface area contributed by atoms with Crippen LogP contribution in [0.1, 0.15) is 46.9 Å². The monoisotopic (exact) mass is 364 g/mol. The van der Waals surface area contributed by atoms with E-state index < -0.39 is 21.9 Å². The van der Waals surface area contributed by atoms with Crippen molar-refractivity contribution in [2.45, 2.75) is 26.2 Å². The van der Waals surface area contributed by atoms with E-state index in [2.05, 4.69) is 4.28 Å². The third-order valence-electron chi connectivity index (χ3n) is 3.68. The number of carbonyl (C=O) groups excluding carboxylic acids is 2. The Kier molecular flexibility index (Phi) is 6.11. The third kappa shape index (κ3) is 4.77. The number of carbonyl (C=O) groups is 2. The highest BCUT2D eigenvalue weighted by Gasteiger charge is 2.21. The summed E-state index contributed by atoms with van der Waals surface area (Å²) in [7, 11) is -3.89. The normalized spacial score (nSPS) is 11.4. The first-order valence-corrected chi connectivity index (χ1v) is 9.46. The first kappa shape index (κ1) is 18.9. The fourth-order valence-corrected chi connectivity index (χ4v) is 3.29. The lowest BCUT2D eigenvalue weighted by molar-refractivity contribution is 0.0767. The lowest BCUT2D eigenvalue weighted by atomic mass is 9.98. The average molecular weight is 364 g/mol. The maximum absolute atomic E-state index is 12.5. The fraction of sp³-hybridized carbons (Fsp3) is 0.294. The molecule has 0 radical (unpaired) electrons. The molecule has 0 fully saturated rings. The van der Waals surface area contributed by atoms with Gasteiger partial charge in [-0.15, -0.1) is 4.28 Å². The number of amides is 2. The minimum Gasteiger partial charge on any atom is -0.366 e. The second kappa shape index (κ2) is 8.09. The average Bonchev–Trinajstić information content (AvgIpc) is 2.58. The highest BCUT2D eigenvalue weighted by Crippen LogP contribution is 2.22. The molecule has 0 aliphatic rings. The van der Waals surface area contributed by atoms with Crippen molar-refractivity contribution in [1.82, 2.24) is 5.48 Å². The molecule has 2 rings (SSSR count). The lowest BCUT2D eigenvalue weighted by Gasteiger charge is -2.11. The van der Waals surface area contributed by atoms with Crippen LogP contribution in [0.15, 0.2) is 36.4 Å². The zero-order valence-corrected chi connectivity index (χ0v) is 14.6. The van der Waals surface area contributed by atoms with Crippen molar-refractivity contribution in [3.63, 3.8) is 0 Å². The SMILES string of the molecule is CCCCCS(=O)(=O)ONC(=O)c1c(C(N)=O)ccc2ccccc12. The molecular formula is C17H20N2O5S. The van der Waals surface area contributed by atoms with E-state index in [1.165, 1.54) is 6.07 Å². The molecule has 3 N–H and O–H groups in total. The summed E-state index contributed by atoms with van der Waals surface area (Å²) < 4.78 is 28.2. The van der Waals surface area contributed by atoms with Crippen molar-refractivity contribution >= 4 is 32.7 Å². The van der Waals surface area contributed by atoms with E-state index in [0.29, 0.717) is 17.2 Å². The van der Waals surface area contributed by atoms with Crippen LogP contribution >= 0.6 is 0 Å². The number of fused-ring (bicyclic) bond motifs is 1. The van der Waals surface area contributed by atoms with Crippen molar-refractivity contribution in [2.75, 3.05) is 5.75 Å². The molecular weight excluding hydrogens is 344 g/mol. The van der Waals surface area contributed by atoms with Crippen LogP contribution in [-0.4, -0.2) is 26.0 Å². The number of nitrogens with two attached hydrogens (primary N) is 1. The second-order valence-corrected chi connectivity index (χ2v) is 7.25. The first-order valence-electron chi connectivity index (χ1n) is 7.88. The van der Waals surface area contributed by atoms with E-state index >= 15 is 0 Å². The minimum absolute atomic E-state index is 0.0109. The highest BCUT2D eigenvalue weighted by molar-refractivity contribution is 7.86. The maximum atomic E-state index is 12.5. The highest BCUT2D eigenvalue weighted by atomic mass is 32.2. The summed E-state index contributed by atoms with van der Waals surface area (Å²) in [4.78, 5) is 24.1. The van der Waals surface area contributed by atoms with E-state index in [1.807, 2.05) is 12.4 Å². The standard InChI is InChI=1S/C17H20N2O5S/c1-2-3-6-11-25(22,23)24-19-17(21)15-13-8-5-4-7-12(13)9-10-14(15)16(18)20/h4-5,7-10H,2-3,6,11H2,1H3,(H2,18,20)(H,19,21). The van der Waals surface area contributed by atoms with Crippen LogP contribution in [0.3, 0.4) is 0 Å². The molecule has 7 nitrogen and oxygen atoms in total. The van der Waals surface area contributed by atoms with Gasteiger partial charge >= 0.3 is 0 Å². The Morgan fingerprint density at radius 1 is 1.12 bits per heavy atom. The van der Waals surface area contributed by atoms with Gasteiger partial charge in [-0.1, -0.05) is 50.1 Å². The van der Waals surface area contributed by atoms with Gasteiger partial charge in [-0.2, -0.15) is 8.42 Å². The molecule has 2 amide bonds. The Balaban J connectivity index is 2.27. The van der Waals surface area contributed by atoms with Gasteiger partial charge in [-0.25, -0.2) is 5.48 Å². The van der Waals surface area contributed by atoms with Crippen molar-refractivity contribution in [3.8, 4) is 0 Å². The Morgan fingerprint density at radius 3 is 2.52 bits per heavy atom. The van der Waals surface area contributed by atoms with E-state index in [9.17, 15) is 18.0 Å². The van der Waals surface area contributed by atoms with Crippen molar-refractivity contribution in [3.05, 3.63) is 47.5 Å². The van der Waals surface area contributed by atoms with Gasteiger partial charge in [-0.3, -0.25) is 9.59 Å². The number of hydrogen-bond acceptors (Lipinski definition) is 5. The molecule has 0 unspecified atom stereocenters. The molecule has 0 aromatic heterocycles. The van der Waals surface area contributed by atoms with Gasteiger partial charge < -0.3 is 5.73 Å². The molecule has 0 bridgehead atoms. The number of primary amides is 1. The summed E-state index contributed by atoms with van der Waals surface area (Å²) in [5.41, 5.74) is 7.22. The summed E-state index contributed by atoms with van der Waals surface area (Å²) in [6, 6.07) is 9.98. The van der Waals surface area contributed by atoms with Crippen LogP contribution in [-0.2, 0) is 14.4 Å². The number of benzene rings is 2. The summed E-state index contributed by atoms with van der Waals surface area (Å²) in [6.07, 6.45) is 2.04. The van der Waals surface area contributed by atoms with Crippen LogP contribution in [0, 0.1) is 0 Å². The Labute approximate surface area is 146 Å². The molecule has 2 aromatic rings. The van der Waals surface area contributed by atoms with Crippen LogP contribution in [0.2, 0.25) is 0 Å². The van der Waals surface area contributed by atoms with Crippen LogP contribution in [0.4, 0.5) is 0 Å². The fourth-order valence-electron chi connectivity index (χ4n) is 2.44. The zero-order valence-electron chi connectivity index (χ0n) is 13.8. The summed E-state index contributed by atoms with van der Waals surface area (Å²) >= 11 is 0. The second-order valence-electron chi connectivity index (χ2n) is 5.56. The van der Waals surface area contributed by atoms with Crippen molar-refractivity contribution < 1.29 is 22.3 Å². The van der Waals surface area contributed by atoms with Gasteiger partial charge in [-0.05, 0) is 23.3 Å². The van der Waals surface area contributed by atoms with Gasteiger partial charge in [0, 0.05) is 0 Å². The molecule has 0 saturated carbocycles. The van der Waals surface area contributed by atoms with Gasteiger partial charge in [0.2, 0.25) is 5.91 Å². The number of rotatable bonds is 8. The minimum atomic E-state index is -3.89. The largest absolute Gasteiger partial charge is 0.366 e. The molecule has 0 heterocycles. The van der Waals surface area contributed by atoms with Gasteiger partial charge in [0.1, 0.15) is 0 Å². The Morgan fingerprint density at radius 2 is 1.84 bits per heavy atom. The smallest absolute Gasteiger partial charge is 0.287 e. The third-order valence-corrected chi connectivity index (χ3v) is 4.81. The van der Waals surface area contributed by atoms with E-state index in [4.69, 9.17) is 5.73 Å². The van der Waals surface area contributed by atoms with E-state index in [-0.39, 0.29) is 16.9 Å².